The highest BCUT2D eigenvalue weighted by Gasteiger charge is 2.15. The number of benzene rings is 2. The second kappa shape index (κ2) is 7.49. The van der Waals surface area contributed by atoms with E-state index < -0.39 is 5.91 Å². The van der Waals surface area contributed by atoms with Crippen molar-refractivity contribution in [1.29, 1.82) is 0 Å². The Morgan fingerprint density at radius 2 is 1.65 bits per heavy atom. The van der Waals surface area contributed by atoms with Gasteiger partial charge in [-0.3, -0.25) is 10.1 Å². The minimum Gasteiger partial charge on any atom is -0.369 e. The summed E-state index contributed by atoms with van der Waals surface area (Å²) in [4.78, 5) is 16.4. The van der Waals surface area contributed by atoms with Gasteiger partial charge in [0.25, 0.3) is 5.91 Å². The van der Waals surface area contributed by atoms with Crippen LogP contribution in [-0.4, -0.2) is 11.9 Å². The molecule has 0 aliphatic carbocycles. The number of rotatable bonds is 3. The number of guanidine groups is 1. The van der Waals surface area contributed by atoms with E-state index in [1.165, 1.54) is 5.56 Å². The molecule has 2 aromatic rings. The molecular weight excluding hydrogens is 333 g/mol. The molecule has 6 heteroatoms. The van der Waals surface area contributed by atoms with Gasteiger partial charge in [-0.1, -0.05) is 55.2 Å². The van der Waals surface area contributed by atoms with E-state index in [1.807, 2.05) is 24.3 Å². The van der Waals surface area contributed by atoms with Gasteiger partial charge < -0.3 is 5.73 Å². The van der Waals surface area contributed by atoms with Gasteiger partial charge in [0.05, 0.1) is 21.3 Å². The lowest BCUT2D eigenvalue weighted by atomic mass is 10.0. The number of carbonyl (C=O) groups is 1. The number of nitrogens with two attached hydrogens (primary N) is 1. The third kappa shape index (κ3) is 4.47. The van der Waals surface area contributed by atoms with Crippen LogP contribution in [0.4, 0.5) is 5.69 Å². The van der Waals surface area contributed by atoms with Gasteiger partial charge in [0.1, 0.15) is 0 Å². The van der Waals surface area contributed by atoms with Crippen LogP contribution in [0.1, 0.15) is 35.7 Å². The molecule has 0 aliphatic heterocycles. The quantitative estimate of drug-likeness (QED) is 0.632. The molecule has 0 aromatic heterocycles. The summed E-state index contributed by atoms with van der Waals surface area (Å²) < 4.78 is 0. The molecule has 3 N–H and O–H groups in total. The maximum Gasteiger partial charge on any atom is 0.260 e. The van der Waals surface area contributed by atoms with Crippen LogP contribution < -0.4 is 11.1 Å². The van der Waals surface area contributed by atoms with Crippen molar-refractivity contribution in [3.05, 3.63) is 63.6 Å². The van der Waals surface area contributed by atoms with Crippen molar-refractivity contribution in [2.75, 3.05) is 0 Å². The predicted octanol–water partition coefficient (Wildman–Crippen LogP) is 4.49. The van der Waals surface area contributed by atoms with Gasteiger partial charge in [0, 0.05) is 0 Å². The minimum atomic E-state index is -0.499. The Hall–Kier alpha value is -2.04. The number of nitrogens with one attached hydrogen (secondary N) is 1. The summed E-state index contributed by atoms with van der Waals surface area (Å²) >= 11 is 12.0. The van der Waals surface area contributed by atoms with E-state index in [9.17, 15) is 4.79 Å². The molecule has 0 aliphatic rings. The molecule has 0 fully saturated rings. The van der Waals surface area contributed by atoms with Gasteiger partial charge in [-0.2, -0.15) is 0 Å². The van der Waals surface area contributed by atoms with Gasteiger partial charge in [0.15, 0.2) is 0 Å². The van der Waals surface area contributed by atoms with Crippen LogP contribution in [0.25, 0.3) is 0 Å². The Morgan fingerprint density at radius 1 is 1.09 bits per heavy atom. The van der Waals surface area contributed by atoms with Crippen molar-refractivity contribution in [3.8, 4) is 0 Å². The molecule has 0 heterocycles. The van der Waals surface area contributed by atoms with E-state index in [1.54, 1.807) is 18.2 Å². The molecule has 0 bridgehead atoms. The number of hydrogen-bond donors (Lipinski definition) is 2. The fourth-order valence-electron chi connectivity index (χ4n) is 1.99. The lowest BCUT2D eigenvalue weighted by Crippen LogP contribution is -2.36. The highest BCUT2D eigenvalue weighted by molar-refractivity contribution is 6.40. The fraction of sp³-hybridized carbons (Fsp3) is 0.176. The zero-order valence-corrected chi connectivity index (χ0v) is 14.3. The van der Waals surface area contributed by atoms with Crippen molar-refractivity contribution in [1.82, 2.24) is 5.32 Å². The first-order valence-corrected chi connectivity index (χ1v) is 7.83. The summed E-state index contributed by atoms with van der Waals surface area (Å²) in [6.45, 7) is 4.22. The minimum absolute atomic E-state index is 0.0247. The van der Waals surface area contributed by atoms with Gasteiger partial charge >= 0.3 is 0 Å². The molecule has 1 amide bonds. The highest BCUT2D eigenvalue weighted by atomic mass is 35.5. The van der Waals surface area contributed by atoms with Gasteiger partial charge in [0.2, 0.25) is 5.96 Å². The summed E-state index contributed by atoms with van der Waals surface area (Å²) in [6.07, 6.45) is 0. The number of halogens is 2. The van der Waals surface area contributed by atoms with Crippen molar-refractivity contribution >= 4 is 40.8 Å². The average molecular weight is 350 g/mol. The lowest BCUT2D eigenvalue weighted by molar-refractivity contribution is 0.0977. The van der Waals surface area contributed by atoms with E-state index in [0.717, 1.165) is 0 Å². The Kier molecular flexibility index (Phi) is 5.64. The number of amides is 1. The maximum atomic E-state index is 12.2. The third-order valence-corrected chi connectivity index (χ3v) is 3.87. The first-order chi connectivity index (χ1) is 10.9. The molecule has 0 spiro atoms. The smallest absolute Gasteiger partial charge is 0.260 e. The standard InChI is InChI=1S/C17H17Cl2N3O/c1-10(2)11-6-8-12(9-7-11)21-17(20)22-16(23)15-13(18)4-3-5-14(15)19/h3-10H,1-2H3,(H3,20,21,22,23). The molecule has 2 rings (SSSR count). The van der Waals surface area contributed by atoms with E-state index in [-0.39, 0.29) is 21.6 Å². The monoisotopic (exact) mass is 349 g/mol. The lowest BCUT2D eigenvalue weighted by Gasteiger charge is -2.08. The molecule has 0 saturated heterocycles. The second-order valence-corrected chi connectivity index (χ2v) is 6.11. The molecule has 120 valence electrons. The summed E-state index contributed by atoms with van der Waals surface area (Å²) in [5.74, 6) is -0.0867. The topological polar surface area (TPSA) is 67.5 Å². The van der Waals surface area contributed by atoms with E-state index in [4.69, 9.17) is 28.9 Å². The zero-order valence-electron chi connectivity index (χ0n) is 12.8. The van der Waals surface area contributed by atoms with Crippen LogP contribution in [0, 0.1) is 0 Å². The van der Waals surface area contributed by atoms with E-state index >= 15 is 0 Å². The Morgan fingerprint density at radius 3 is 2.17 bits per heavy atom. The molecule has 0 unspecified atom stereocenters. The van der Waals surface area contributed by atoms with Crippen molar-refractivity contribution < 1.29 is 4.79 Å². The molecule has 2 aromatic carbocycles. The summed E-state index contributed by atoms with van der Waals surface area (Å²) in [6, 6.07) is 12.5. The SMILES string of the molecule is CC(C)c1ccc(N=C(N)NC(=O)c2c(Cl)cccc2Cl)cc1. The molecule has 0 atom stereocenters. The summed E-state index contributed by atoms with van der Waals surface area (Å²) in [5.41, 5.74) is 7.80. The van der Waals surface area contributed by atoms with E-state index in [0.29, 0.717) is 11.6 Å². The highest BCUT2D eigenvalue weighted by Crippen LogP contribution is 2.24. The van der Waals surface area contributed by atoms with E-state index in [2.05, 4.69) is 24.2 Å². The summed E-state index contributed by atoms with van der Waals surface area (Å²) in [5, 5.41) is 2.99. The number of carbonyl (C=O) groups excluding carboxylic acids is 1. The number of aliphatic imine (C=N–C) groups is 1. The average Bonchev–Trinajstić information content (AvgIpc) is 2.47. The molecular formula is C17H17Cl2N3O. The maximum absolute atomic E-state index is 12.2. The van der Waals surface area contributed by atoms with Gasteiger partial charge in [-0.15, -0.1) is 0 Å². The number of hydrogen-bond acceptors (Lipinski definition) is 2. The Balaban J connectivity index is 2.14. The second-order valence-electron chi connectivity index (χ2n) is 5.29. The van der Waals surface area contributed by atoms with Gasteiger partial charge in [-0.05, 0) is 35.7 Å². The van der Waals surface area contributed by atoms with Crippen molar-refractivity contribution in [2.45, 2.75) is 19.8 Å². The first kappa shape index (κ1) is 17.3. The van der Waals surface area contributed by atoms with Gasteiger partial charge in [-0.25, -0.2) is 4.99 Å². The Labute approximate surface area is 145 Å². The van der Waals surface area contributed by atoms with Crippen LogP contribution in [0.15, 0.2) is 47.5 Å². The number of nitrogens with zero attached hydrogens (tertiary/aromatic N) is 1. The van der Waals surface area contributed by atoms with Crippen LogP contribution in [0.2, 0.25) is 10.0 Å². The predicted molar refractivity (Wildman–Crippen MR) is 95.7 cm³/mol. The zero-order chi connectivity index (χ0) is 17.0. The molecule has 0 radical (unpaired) electrons. The van der Waals surface area contributed by atoms with Crippen molar-refractivity contribution in [2.24, 2.45) is 10.7 Å². The first-order valence-electron chi connectivity index (χ1n) is 7.08. The van der Waals surface area contributed by atoms with Crippen LogP contribution in [0.5, 0.6) is 0 Å². The third-order valence-electron chi connectivity index (χ3n) is 3.24. The largest absolute Gasteiger partial charge is 0.369 e. The van der Waals surface area contributed by atoms with Crippen LogP contribution in [-0.2, 0) is 0 Å². The van der Waals surface area contributed by atoms with Crippen molar-refractivity contribution in [3.63, 3.8) is 0 Å². The fourth-order valence-corrected chi connectivity index (χ4v) is 2.56. The van der Waals surface area contributed by atoms with Crippen LogP contribution >= 0.6 is 23.2 Å². The normalized spacial score (nSPS) is 11.6. The van der Waals surface area contributed by atoms with Crippen LogP contribution in [0.3, 0.4) is 0 Å². The summed E-state index contributed by atoms with van der Waals surface area (Å²) in [7, 11) is 0. The molecule has 4 nitrogen and oxygen atoms in total. The Bertz CT molecular complexity index is 720. The molecule has 23 heavy (non-hydrogen) atoms. The molecule has 0 saturated carbocycles.